The Balaban J connectivity index is 1.84. The normalized spacial score (nSPS) is 11.0. The molecule has 1 N–H and O–H groups in total. The Hall–Kier alpha value is -3.23. The Bertz CT molecular complexity index is 1060. The quantitative estimate of drug-likeness (QED) is 0.714. The summed E-state index contributed by atoms with van der Waals surface area (Å²) in [6, 6.07) is 5.67. The topological polar surface area (TPSA) is 90.9 Å². The average molecular weight is 345 g/mol. The molecule has 0 fully saturated rings. The van der Waals surface area contributed by atoms with E-state index < -0.39 is 23.7 Å². The Morgan fingerprint density at radius 3 is 2.56 bits per heavy atom. The molecule has 3 rings (SSSR count). The van der Waals surface area contributed by atoms with Crippen LogP contribution in [-0.4, -0.2) is 24.6 Å². The molecule has 130 valence electrons. The lowest BCUT2D eigenvalue weighted by Crippen LogP contribution is -2.43. The molecule has 0 radical (unpaired) electrons. The zero-order chi connectivity index (χ0) is 18.1. The first-order valence-corrected chi connectivity index (χ1v) is 7.50. The molecule has 1 aromatic carbocycles. The van der Waals surface area contributed by atoms with E-state index in [0.717, 1.165) is 4.57 Å². The fourth-order valence-corrected chi connectivity index (χ4v) is 2.54. The van der Waals surface area contributed by atoms with E-state index in [1.165, 1.54) is 34.6 Å². The predicted molar refractivity (Wildman–Crippen MR) is 88.5 cm³/mol. The van der Waals surface area contributed by atoms with E-state index in [0.29, 0.717) is 5.56 Å². The summed E-state index contributed by atoms with van der Waals surface area (Å²) in [4.78, 5) is 40.9. The van der Waals surface area contributed by atoms with E-state index in [9.17, 15) is 18.8 Å². The number of rotatable bonds is 4. The number of imidazole rings is 1. The van der Waals surface area contributed by atoms with Crippen LogP contribution in [0.3, 0.4) is 0 Å². The minimum atomic E-state index is -0.617. The molecule has 0 aliphatic rings. The SMILES string of the molecule is Cn1cnc2c1c(=O)n(CC(=O)NCc1ccc(F)cc1)c(=O)n2C. The fourth-order valence-electron chi connectivity index (χ4n) is 2.54. The van der Waals surface area contributed by atoms with Crippen LogP contribution in [-0.2, 0) is 32.0 Å². The van der Waals surface area contributed by atoms with Gasteiger partial charge in [-0.1, -0.05) is 12.1 Å². The number of nitrogens with one attached hydrogen (secondary N) is 1. The Kier molecular flexibility index (Phi) is 4.22. The van der Waals surface area contributed by atoms with Crippen molar-refractivity contribution in [1.82, 2.24) is 24.0 Å². The van der Waals surface area contributed by atoms with Crippen LogP contribution in [0.1, 0.15) is 5.56 Å². The van der Waals surface area contributed by atoms with Gasteiger partial charge in [-0.05, 0) is 17.7 Å². The monoisotopic (exact) mass is 345 g/mol. The molecule has 0 saturated heterocycles. The highest BCUT2D eigenvalue weighted by Gasteiger charge is 2.16. The first-order chi connectivity index (χ1) is 11.9. The zero-order valence-electron chi connectivity index (χ0n) is 13.7. The maximum absolute atomic E-state index is 12.9. The summed E-state index contributed by atoms with van der Waals surface area (Å²) in [6.07, 6.45) is 1.43. The number of aryl methyl sites for hydroxylation is 2. The smallest absolute Gasteiger partial charge is 0.332 e. The largest absolute Gasteiger partial charge is 0.350 e. The van der Waals surface area contributed by atoms with Crippen molar-refractivity contribution in [3.8, 4) is 0 Å². The van der Waals surface area contributed by atoms with Crippen molar-refractivity contribution in [2.75, 3.05) is 0 Å². The molecule has 0 aliphatic heterocycles. The number of halogens is 1. The molecular formula is C16H16FN5O3. The molecule has 0 unspecified atom stereocenters. The number of fused-ring (bicyclic) bond motifs is 1. The lowest BCUT2D eigenvalue weighted by molar-refractivity contribution is -0.121. The van der Waals surface area contributed by atoms with Gasteiger partial charge in [-0.15, -0.1) is 0 Å². The number of amides is 1. The minimum Gasteiger partial charge on any atom is -0.350 e. The third kappa shape index (κ3) is 3.08. The van der Waals surface area contributed by atoms with E-state index in [-0.39, 0.29) is 23.5 Å². The van der Waals surface area contributed by atoms with Gasteiger partial charge in [-0.3, -0.25) is 14.2 Å². The van der Waals surface area contributed by atoms with E-state index in [1.807, 2.05) is 0 Å². The van der Waals surface area contributed by atoms with Gasteiger partial charge >= 0.3 is 5.69 Å². The lowest BCUT2D eigenvalue weighted by atomic mass is 10.2. The number of hydrogen-bond acceptors (Lipinski definition) is 4. The van der Waals surface area contributed by atoms with E-state index >= 15 is 0 Å². The van der Waals surface area contributed by atoms with E-state index in [4.69, 9.17) is 0 Å². The Morgan fingerprint density at radius 2 is 1.88 bits per heavy atom. The molecule has 0 aliphatic carbocycles. The van der Waals surface area contributed by atoms with Gasteiger partial charge in [0.05, 0.1) is 6.33 Å². The molecule has 9 heteroatoms. The van der Waals surface area contributed by atoms with Crippen molar-refractivity contribution in [2.24, 2.45) is 14.1 Å². The van der Waals surface area contributed by atoms with E-state index in [1.54, 1.807) is 19.2 Å². The molecule has 0 atom stereocenters. The highest BCUT2D eigenvalue weighted by molar-refractivity contribution is 5.76. The summed E-state index contributed by atoms with van der Waals surface area (Å²) >= 11 is 0. The van der Waals surface area contributed by atoms with E-state index in [2.05, 4.69) is 10.3 Å². The molecule has 1 amide bonds. The van der Waals surface area contributed by atoms with Gasteiger partial charge in [-0.2, -0.15) is 0 Å². The van der Waals surface area contributed by atoms with Gasteiger partial charge in [0.2, 0.25) is 5.91 Å². The van der Waals surface area contributed by atoms with Crippen molar-refractivity contribution in [2.45, 2.75) is 13.1 Å². The van der Waals surface area contributed by atoms with Crippen LogP contribution >= 0.6 is 0 Å². The molecular weight excluding hydrogens is 329 g/mol. The summed E-state index contributed by atoms with van der Waals surface area (Å²) < 4.78 is 16.5. The maximum Gasteiger partial charge on any atom is 0.332 e. The summed E-state index contributed by atoms with van der Waals surface area (Å²) in [5.74, 6) is -0.861. The van der Waals surface area contributed by atoms with Gasteiger partial charge in [0.1, 0.15) is 12.4 Å². The van der Waals surface area contributed by atoms with Crippen LogP contribution < -0.4 is 16.6 Å². The fraction of sp³-hybridized carbons (Fsp3) is 0.250. The van der Waals surface area contributed by atoms with Crippen molar-refractivity contribution in [3.05, 3.63) is 62.8 Å². The van der Waals surface area contributed by atoms with Crippen LogP contribution in [0.2, 0.25) is 0 Å². The molecule has 2 heterocycles. The first kappa shape index (κ1) is 16.6. The van der Waals surface area contributed by atoms with Crippen LogP contribution in [0.25, 0.3) is 11.2 Å². The summed E-state index contributed by atoms with van der Waals surface area (Å²) in [6.45, 7) is -0.240. The third-order valence-electron chi connectivity index (χ3n) is 3.91. The number of hydrogen-bond donors (Lipinski definition) is 1. The summed E-state index contributed by atoms with van der Waals surface area (Å²) in [5, 5.41) is 2.61. The van der Waals surface area contributed by atoms with Gasteiger partial charge in [0, 0.05) is 20.6 Å². The summed E-state index contributed by atoms with van der Waals surface area (Å²) in [5.41, 5.74) is 0.0224. The lowest BCUT2D eigenvalue weighted by Gasteiger charge is -2.09. The van der Waals surface area contributed by atoms with Crippen LogP contribution in [0, 0.1) is 5.82 Å². The van der Waals surface area contributed by atoms with Crippen molar-refractivity contribution < 1.29 is 9.18 Å². The molecule has 25 heavy (non-hydrogen) atoms. The van der Waals surface area contributed by atoms with Crippen LogP contribution in [0.15, 0.2) is 40.2 Å². The average Bonchev–Trinajstić information content (AvgIpc) is 2.98. The van der Waals surface area contributed by atoms with Crippen molar-refractivity contribution >= 4 is 17.1 Å². The van der Waals surface area contributed by atoms with Crippen LogP contribution in [0.4, 0.5) is 4.39 Å². The predicted octanol–water partition coefficient (Wildman–Crippen LogP) is -0.111. The first-order valence-electron chi connectivity index (χ1n) is 7.50. The van der Waals surface area contributed by atoms with Gasteiger partial charge in [0.25, 0.3) is 5.56 Å². The molecule has 0 spiro atoms. The highest BCUT2D eigenvalue weighted by atomic mass is 19.1. The summed E-state index contributed by atoms with van der Waals surface area (Å²) in [7, 11) is 3.13. The van der Waals surface area contributed by atoms with Crippen molar-refractivity contribution in [1.29, 1.82) is 0 Å². The molecule has 8 nitrogen and oxygen atoms in total. The standard InChI is InChI=1S/C16H16FN5O3/c1-20-9-19-14-13(20)15(24)22(16(25)21(14)2)8-12(23)18-7-10-3-5-11(17)6-4-10/h3-6,9H,7-8H2,1-2H3,(H,18,23). The Morgan fingerprint density at radius 1 is 1.20 bits per heavy atom. The molecule has 0 bridgehead atoms. The van der Waals surface area contributed by atoms with Gasteiger partial charge < -0.3 is 9.88 Å². The van der Waals surface area contributed by atoms with Crippen molar-refractivity contribution in [3.63, 3.8) is 0 Å². The third-order valence-corrected chi connectivity index (χ3v) is 3.91. The second kappa shape index (κ2) is 6.34. The zero-order valence-corrected chi connectivity index (χ0v) is 13.7. The van der Waals surface area contributed by atoms with Gasteiger partial charge in [0.15, 0.2) is 11.2 Å². The number of nitrogens with zero attached hydrogens (tertiary/aromatic N) is 4. The molecule has 0 saturated carbocycles. The highest BCUT2D eigenvalue weighted by Crippen LogP contribution is 2.03. The van der Waals surface area contributed by atoms with Gasteiger partial charge in [-0.25, -0.2) is 18.7 Å². The number of benzene rings is 1. The number of aromatic nitrogens is 4. The second-order valence-corrected chi connectivity index (χ2v) is 5.66. The second-order valence-electron chi connectivity index (χ2n) is 5.66. The maximum atomic E-state index is 12.9. The molecule has 3 aromatic rings. The Labute approximate surface area is 141 Å². The van der Waals surface area contributed by atoms with Crippen LogP contribution in [0.5, 0.6) is 0 Å². The molecule has 2 aromatic heterocycles. The number of carbonyl (C=O) groups is 1. The number of carbonyl (C=O) groups excluding carboxylic acids is 1. The minimum absolute atomic E-state index is 0.169.